The van der Waals surface area contributed by atoms with Crippen LogP contribution in [0, 0.1) is 5.92 Å². The molecular weight excluding hydrogens is 415 g/mol. The van der Waals surface area contributed by atoms with Crippen molar-refractivity contribution >= 4 is 35.8 Å². The number of nitrogens with one attached hydrogen (secondary N) is 1. The summed E-state index contributed by atoms with van der Waals surface area (Å²) in [5.74, 6) is 1.07. The Balaban J connectivity index is 0.00000288. The molecule has 0 aromatic heterocycles. The number of benzene rings is 1. The van der Waals surface area contributed by atoms with Gasteiger partial charge in [-0.25, -0.2) is 4.99 Å². The molecule has 5 nitrogen and oxygen atoms in total. The van der Waals surface area contributed by atoms with Gasteiger partial charge in [-0.1, -0.05) is 30.3 Å². The van der Waals surface area contributed by atoms with E-state index in [1.54, 1.807) is 0 Å². The van der Waals surface area contributed by atoms with Crippen LogP contribution in [0.15, 0.2) is 35.3 Å². The van der Waals surface area contributed by atoms with Crippen LogP contribution in [-0.4, -0.2) is 42.4 Å². The van der Waals surface area contributed by atoms with Crippen molar-refractivity contribution in [1.82, 2.24) is 10.2 Å². The van der Waals surface area contributed by atoms with Gasteiger partial charge in [0, 0.05) is 19.1 Å². The molecule has 1 aliphatic heterocycles. The molecule has 1 saturated heterocycles. The predicted octanol–water partition coefficient (Wildman–Crippen LogP) is 2.40. The first kappa shape index (κ1) is 20.7. The molecular formula is C18H29IN4O. The molecule has 24 heavy (non-hydrogen) atoms. The van der Waals surface area contributed by atoms with Crippen LogP contribution < -0.4 is 11.1 Å². The molecule has 1 amide bonds. The lowest BCUT2D eigenvalue weighted by molar-refractivity contribution is -0.130. The average molecular weight is 444 g/mol. The third kappa shape index (κ3) is 7.07. The van der Waals surface area contributed by atoms with Gasteiger partial charge in [0.1, 0.15) is 6.54 Å². The fourth-order valence-electron chi connectivity index (χ4n) is 2.93. The van der Waals surface area contributed by atoms with Crippen molar-refractivity contribution in [3.8, 4) is 0 Å². The molecule has 1 fully saturated rings. The second kappa shape index (κ2) is 10.5. The van der Waals surface area contributed by atoms with Crippen LogP contribution in [0.1, 0.15) is 32.3 Å². The number of aliphatic imine (C=N–C) groups is 1. The summed E-state index contributed by atoms with van der Waals surface area (Å²) < 4.78 is 0. The molecule has 1 aliphatic rings. The number of carbonyl (C=O) groups excluding carboxylic acids is 1. The summed E-state index contributed by atoms with van der Waals surface area (Å²) in [5, 5.41) is 2.99. The maximum absolute atomic E-state index is 12.2. The fourth-order valence-corrected chi connectivity index (χ4v) is 2.93. The zero-order chi connectivity index (χ0) is 16.7. The molecule has 3 N–H and O–H groups in total. The highest BCUT2D eigenvalue weighted by Gasteiger charge is 2.22. The number of carbonyl (C=O) groups is 1. The molecule has 0 radical (unpaired) electrons. The normalized spacial score (nSPS) is 16.0. The van der Waals surface area contributed by atoms with Crippen molar-refractivity contribution < 1.29 is 4.79 Å². The van der Waals surface area contributed by atoms with Gasteiger partial charge in [-0.2, -0.15) is 0 Å². The Kier molecular flexibility index (Phi) is 9.10. The monoisotopic (exact) mass is 444 g/mol. The number of amides is 1. The first-order valence-corrected chi connectivity index (χ1v) is 8.42. The summed E-state index contributed by atoms with van der Waals surface area (Å²) >= 11 is 0. The molecule has 0 spiro atoms. The zero-order valence-corrected chi connectivity index (χ0v) is 16.9. The van der Waals surface area contributed by atoms with Gasteiger partial charge in [0.25, 0.3) is 0 Å². The van der Waals surface area contributed by atoms with Gasteiger partial charge in [-0.15, -0.1) is 24.0 Å². The van der Waals surface area contributed by atoms with E-state index in [1.165, 1.54) is 5.56 Å². The standard InChI is InChI=1S/C18H28N4O.HI/c1-14(2)21-18(19)20-13-17(23)22-10-8-16(9-11-22)12-15-6-4-3-5-7-15;/h3-7,14,16H,8-13H2,1-2H3,(H3,19,20,21);1H. The van der Waals surface area contributed by atoms with Gasteiger partial charge in [0.2, 0.25) is 5.91 Å². The Morgan fingerprint density at radius 2 is 1.92 bits per heavy atom. The fraction of sp³-hybridized carbons (Fsp3) is 0.556. The van der Waals surface area contributed by atoms with Crippen molar-refractivity contribution in [2.75, 3.05) is 19.6 Å². The Morgan fingerprint density at radius 1 is 1.29 bits per heavy atom. The molecule has 1 aromatic rings. The summed E-state index contributed by atoms with van der Waals surface area (Å²) in [6, 6.07) is 10.8. The molecule has 0 atom stereocenters. The molecule has 0 bridgehead atoms. The minimum Gasteiger partial charge on any atom is -0.370 e. The number of nitrogens with zero attached hydrogens (tertiary/aromatic N) is 2. The smallest absolute Gasteiger partial charge is 0.244 e. The van der Waals surface area contributed by atoms with E-state index in [0.29, 0.717) is 11.9 Å². The summed E-state index contributed by atoms with van der Waals surface area (Å²) in [6.07, 6.45) is 3.22. The Morgan fingerprint density at radius 3 is 2.50 bits per heavy atom. The van der Waals surface area contributed by atoms with Crippen molar-refractivity contribution in [3.63, 3.8) is 0 Å². The lowest BCUT2D eigenvalue weighted by Gasteiger charge is -2.31. The van der Waals surface area contributed by atoms with Crippen LogP contribution in [0.4, 0.5) is 0 Å². The number of nitrogens with two attached hydrogens (primary N) is 1. The number of hydrogen-bond donors (Lipinski definition) is 2. The van der Waals surface area contributed by atoms with E-state index < -0.39 is 0 Å². The van der Waals surface area contributed by atoms with Crippen LogP contribution >= 0.6 is 24.0 Å². The first-order valence-electron chi connectivity index (χ1n) is 8.42. The molecule has 1 aromatic carbocycles. The van der Waals surface area contributed by atoms with E-state index in [9.17, 15) is 4.79 Å². The highest BCUT2D eigenvalue weighted by atomic mass is 127. The highest BCUT2D eigenvalue weighted by Crippen LogP contribution is 2.21. The third-order valence-corrected chi connectivity index (χ3v) is 4.16. The summed E-state index contributed by atoms with van der Waals surface area (Å²) in [6.45, 7) is 5.76. The zero-order valence-electron chi connectivity index (χ0n) is 14.6. The van der Waals surface area contributed by atoms with Gasteiger partial charge in [0.05, 0.1) is 0 Å². The van der Waals surface area contributed by atoms with E-state index >= 15 is 0 Å². The van der Waals surface area contributed by atoms with Crippen LogP contribution in [0.5, 0.6) is 0 Å². The lowest BCUT2D eigenvalue weighted by atomic mass is 9.90. The second-order valence-electron chi connectivity index (χ2n) is 6.51. The number of hydrogen-bond acceptors (Lipinski definition) is 2. The van der Waals surface area contributed by atoms with Crippen molar-refractivity contribution in [2.24, 2.45) is 16.6 Å². The van der Waals surface area contributed by atoms with E-state index in [0.717, 1.165) is 32.4 Å². The second-order valence-corrected chi connectivity index (χ2v) is 6.51. The van der Waals surface area contributed by atoms with E-state index in [2.05, 4.69) is 34.6 Å². The van der Waals surface area contributed by atoms with Gasteiger partial charge < -0.3 is 16.0 Å². The Hall–Kier alpha value is -1.31. The Bertz CT molecular complexity index is 525. The maximum atomic E-state index is 12.2. The summed E-state index contributed by atoms with van der Waals surface area (Å²) in [4.78, 5) is 18.2. The quantitative estimate of drug-likeness (QED) is 0.416. The third-order valence-electron chi connectivity index (χ3n) is 4.16. The van der Waals surface area contributed by atoms with Crippen LogP contribution in [0.2, 0.25) is 0 Å². The SMILES string of the molecule is CC(C)NC(N)=NCC(=O)N1CCC(Cc2ccccc2)CC1.I. The number of piperidine rings is 1. The van der Waals surface area contributed by atoms with Crippen molar-refractivity contribution in [3.05, 3.63) is 35.9 Å². The van der Waals surface area contributed by atoms with Gasteiger partial charge >= 0.3 is 0 Å². The molecule has 134 valence electrons. The predicted molar refractivity (Wildman–Crippen MR) is 110 cm³/mol. The minimum atomic E-state index is 0. The van der Waals surface area contributed by atoms with Crippen LogP contribution in [0.3, 0.4) is 0 Å². The van der Waals surface area contributed by atoms with Crippen LogP contribution in [0.25, 0.3) is 0 Å². The lowest BCUT2D eigenvalue weighted by Crippen LogP contribution is -2.41. The molecule has 1 heterocycles. The molecule has 2 rings (SSSR count). The topological polar surface area (TPSA) is 70.7 Å². The molecule has 0 aliphatic carbocycles. The first-order chi connectivity index (χ1) is 11.0. The average Bonchev–Trinajstić information content (AvgIpc) is 2.54. The van der Waals surface area contributed by atoms with Crippen molar-refractivity contribution in [1.29, 1.82) is 0 Å². The molecule has 0 saturated carbocycles. The van der Waals surface area contributed by atoms with Gasteiger partial charge in [0.15, 0.2) is 5.96 Å². The highest BCUT2D eigenvalue weighted by molar-refractivity contribution is 14.0. The van der Waals surface area contributed by atoms with Crippen molar-refractivity contribution in [2.45, 2.75) is 39.2 Å². The Labute approximate surface area is 162 Å². The largest absolute Gasteiger partial charge is 0.370 e. The van der Waals surface area contributed by atoms with E-state index in [1.807, 2.05) is 24.8 Å². The van der Waals surface area contributed by atoms with E-state index in [4.69, 9.17) is 5.73 Å². The number of rotatable bonds is 5. The summed E-state index contributed by atoms with van der Waals surface area (Å²) in [5.41, 5.74) is 7.11. The number of halogens is 1. The minimum absolute atomic E-state index is 0. The maximum Gasteiger partial charge on any atom is 0.244 e. The van der Waals surface area contributed by atoms with Gasteiger partial charge in [-0.3, -0.25) is 4.79 Å². The van der Waals surface area contributed by atoms with Crippen LogP contribution in [-0.2, 0) is 11.2 Å². The van der Waals surface area contributed by atoms with E-state index in [-0.39, 0.29) is 42.5 Å². The molecule has 6 heteroatoms. The molecule has 0 unspecified atom stereocenters. The summed E-state index contributed by atoms with van der Waals surface area (Å²) in [7, 11) is 0. The number of guanidine groups is 1. The number of likely N-dealkylation sites (tertiary alicyclic amines) is 1. The van der Waals surface area contributed by atoms with Gasteiger partial charge in [-0.05, 0) is 44.6 Å².